The summed E-state index contributed by atoms with van der Waals surface area (Å²) in [6.45, 7) is -0.374. The third-order valence-electron chi connectivity index (χ3n) is 3.70. The highest BCUT2D eigenvalue weighted by Crippen LogP contribution is 2.24. The molecule has 118 valence electrons. The zero-order valence-electron chi connectivity index (χ0n) is 12.3. The lowest BCUT2D eigenvalue weighted by Crippen LogP contribution is -2.21. The molecule has 23 heavy (non-hydrogen) atoms. The maximum Gasteiger partial charge on any atom is 0.341 e. The molecule has 3 rings (SSSR count). The number of ether oxygens (including phenoxy) is 1. The summed E-state index contributed by atoms with van der Waals surface area (Å²) >= 11 is 5.81. The molecule has 1 N–H and O–H groups in total. The Kier molecular flexibility index (Phi) is 4.57. The topological polar surface area (TPSA) is 68.3 Å². The zero-order chi connectivity index (χ0) is 16.2. The van der Waals surface area contributed by atoms with Crippen LogP contribution in [0.4, 0.5) is 5.69 Å². The van der Waals surface area contributed by atoms with Crippen LogP contribution in [0, 0.1) is 0 Å². The van der Waals surface area contributed by atoms with E-state index in [9.17, 15) is 9.59 Å². The number of hydrogen-bond acceptors (Lipinski definition) is 4. The summed E-state index contributed by atoms with van der Waals surface area (Å²) < 4.78 is 4.96. The predicted octanol–water partition coefficient (Wildman–Crippen LogP) is 3.02. The quantitative estimate of drug-likeness (QED) is 0.691. The smallest absolute Gasteiger partial charge is 0.341 e. The van der Waals surface area contributed by atoms with Crippen LogP contribution >= 0.6 is 11.6 Å². The number of amides is 1. The van der Waals surface area contributed by atoms with E-state index >= 15 is 0 Å². The number of carbonyl (C=O) groups is 2. The Balaban J connectivity index is 1.56. The van der Waals surface area contributed by atoms with E-state index in [1.165, 1.54) is 23.4 Å². The van der Waals surface area contributed by atoms with Crippen LogP contribution < -0.4 is 5.32 Å². The van der Waals surface area contributed by atoms with Gasteiger partial charge in [0.05, 0.1) is 5.56 Å². The number of anilines is 1. The number of fused-ring (bicyclic) bond motifs is 1. The van der Waals surface area contributed by atoms with Crippen LogP contribution in [0.1, 0.15) is 27.9 Å². The molecule has 0 unspecified atom stereocenters. The number of rotatable bonds is 4. The highest BCUT2D eigenvalue weighted by molar-refractivity contribution is 6.32. The summed E-state index contributed by atoms with van der Waals surface area (Å²) in [5.74, 6) is -1.07. The van der Waals surface area contributed by atoms with Gasteiger partial charge >= 0.3 is 5.97 Å². The highest BCUT2D eigenvalue weighted by Gasteiger charge is 2.15. The van der Waals surface area contributed by atoms with Crippen molar-refractivity contribution in [1.29, 1.82) is 0 Å². The number of carbonyl (C=O) groups excluding carboxylic acids is 2. The Labute approximate surface area is 138 Å². The molecular formula is C17H15ClN2O3. The fourth-order valence-corrected chi connectivity index (χ4v) is 2.79. The number of halogens is 1. The molecule has 0 saturated heterocycles. The molecule has 1 aromatic heterocycles. The number of pyridine rings is 1. The Morgan fingerprint density at radius 1 is 1.22 bits per heavy atom. The van der Waals surface area contributed by atoms with Crippen molar-refractivity contribution in [2.45, 2.75) is 19.3 Å². The third kappa shape index (κ3) is 3.68. The van der Waals surface area contributed by atoms with Gasteiger partial charge in [0.25, 0.3) is 5.91 Å². The Hall–Kier alpha value is -2.40. The van der Waals surface area contributed by atoms with E-state index in [4.69, 9.17) is 16.3 Å². The minimum Gasteiger partial charge on any atom is -0.452 e. The van der Waals surface area contributed by atoms with Gasteiger partial charge in [0.15, 0.2) is 6.61 Å². The lowest BCUT2D eigenvalue weighted by Gasteiger charge is -2.08. The Bertz CT molecular complexity index is 761. The summed E-state index contributed by atoms with van der Waals surface area (Å²) in [5, 5.41) is 2.78. The summed E-state index contributed by atoms with van der Waals surface area (Å²) in [4.78, 5) is 27.5. The minimum absolute atomic E-state index is 0.0523. The monoisotopic (exact) mass is 330 g/mol. The predicted molar refractivity (Wildman–Crippen MR) is 86.6 cm³/mol. The first-order valence-corrected chi connectivity index (χ1v) is 7.70. The van der Waals surface area contributed by atoms with Crippen molar-refractivity contribution in [3.8, 4) is 0 Å². The van der Waals surface area contributed by atoms with Crippen molar-refractivity contribution in [1.82, 2.24) is 4.98 Å². The van der Waals surface area contributed by atoms with Crippen molar-refractivity contribution in [3.05, 3.63) is 58.4 Å². The number of benzene rings is 1. The molecular weight excluding hydrogens is 316 g/mol. The maximum absolute atomic E-state index is 11.9. The van der Waals surface area contributed by atoms with E-state index in [-0.39, 0.29) is 17.3 Å². The fraction of sp³-hybridized carbons (Fsp3) is 0.235. The molecule has 5 nitrogen and oxygen atoms in total. The highest BCUT2D eigenvalue weighted by atomic mass is 35.5. The van der Waals surface area contributed by atoms with Gasteiger partial charge in [-0.2, -0.15) is 0 Å². The average molecular weight is 331 g/mol. The van der Waals surface area contributed by atoms with Crippen LogP contribution in [0.15, 0.2) is 36.5 Å². The normalized spacial score (nSPS) is 12.6. The van der Waals surface area contributed by atoms with Gasteiger partial charge < -0.3 is 10.1 Å². The van der Waals surface area contributed by atoms with Gasteiger partial charge in [0, 0.05) is 11.9 Å². The molecule has 1 aliphatic rings. The molecule has 0 bridgehead atoms. The number of esters is 1. The van der Waals surface area contributed by atoms with Crippen molar-refractivity contribution >= 4 is 29.2 Å². The standard InChI is InChI=1S/C17H15ClN2O3/c18-16-14(5-2-8-19-16)17(22)23-10-15(21)20-13-7-6-11-3-1-4-12(11)9-13/h2,5-9H,1,3-4,10H2,(H,20,21). The fourth-order valence-electron chi connectivity index (χ4n) is 2.59. The minimum atomic E-state index is -0.674. The summed E-state index contributed by atoms with van der Waals surface area (Å²) in [5.41, 5.74) is 3.45. The van der Waals surface area contributed by atoms with Gasteiger partial charge in [0.2, 0.25) is 0 Å². The SMILES string of the molecule is O=C(COC(=O)c1cccnc1Cl)Nc1ccc2c(c1)CCC2. The number of nitrogens with zero attached hydrogens (tertiary/aromatic N) is 1. The zero-order valence-corrected chi connectivity index (χ0v) is 13.1. The molecule has 0 atom stereocenters. The van der Waals surface area contributed by atoms with Crippen molar-refractivity contribution < 1.29 is 14.3 Å². The van der Waals surface area contributed by atoms with Crippen LogP contribution in [-0.2, 0) is 22.4 Å². The van der Waals surface area contributed by atoms with Crippen molar-refractivity contribution in [3.63, 3.8) is 0 Å². The summed E-state index contributed by atoms with van der Waals surface area (Å²) in [7, 11) is 0. The maximum atomic E-state index is 11.9. The molecule has 0 aliphatic heterocycles. The van der Waals surface area contributed by atoms with E-state index in [0.29, 0.717) is 5.69 Å². The van der Waals surface area contributed by atoms with Crippen molar-refractivity contribution in [2.75, 3.05) is 11.9 Å². The number of nitrogens with one attached hydrogen (secondary N) is 1. The van der Waals surface area contributed by atoms with Gasteiger partial charge in [-0.15, -0.1) is 0 Å². The number of aromatic nitrogens is 1. The van der Waals surface area contributed by atoms with Gasteiger partial charge in [-0.05, 0) is 54.7 Å². The van der Waals surface area contributed by atoms with Gasteiger partial charge in [-0.25, -0.2) is 9.78 Å². The molecule has 1 aromatic carbocycles. The lowest BCUT2D eigenvalue weighted by molar-refractivity contribution is -0.119. The molecule has 0 radical (unpaired) electrons. The average Bonchev–Trinajstić information content (AvgIpc) is 3.01. The third-order valence-corrected chi connectivity index (χ3v) is 4.00. The molecule has 1 amide bonds. The Morgan fingerprint density at radius 2 is 2.04 bits per heavy atom. The first-order chi connectivity index (χ1) is 11.1. The van der Waals surface area contributed by atoms with E-state index in [2.05, 4.69) is 10.3 Å². The van der Waals surface area contributed by atoms with Gasteiger partial charge in [-0.3, -0.25) is 4.79 Å². The molecule has 0 saturated carbocycles. The molecule has 1 heterocycles. The van der Waals surface area contributed by atoms with E-state index in [1.54, 1.807) is 6.07 Å². The Morgan fingerprint density at radius 3 is 2.87 bits per heavy atom. The van der Waals surface area contributed by atoms with E-state index in [1.807, 2.05) is 18.2 Å². The van der Waals surface area contributed by atoms with Gasteiger partial charge in [-0.1, -0.05) is 17.7 Å². The first kappa shape index (κ1) is 15.5. The molecule has 2 aromatic rings. The second kappa shape index (κ2) is 6.79. The second-order valence-electron chi connectivity index (χ2n) is 5.30. The summed E-state index contributed by atoms with van der Waals surface area (Å²) in [6, 6.07) is 8.93. The van der Waals surface area contributed by atoms with Crippen LogP contribution in [-0.4, -0.2) is 23.5 Å². The largest absolute Gasteiger partial charge is 0.452 e. The van der Waals surface area contributed by atoms with Crippen molar-refractivity contribution in [2.24, 2.45) is 0 Å². The molecule has 1 aliphatic carbocycles. The molecule has 0 fully saturated rings. The van der Waals surface area contributed by atoms with Crippen LogP contribution in [0.2, 0.25) is 5.15 Å². The van der Waals surface area contributed by atoms with Crippen LogP contribution in [0.3, 0.4) is 0 Å². The number of aryl methyl sites for hydroxylation is 2. The summed E-state index contributed by atoms with van der Waals surface area (Å²) in [6.07, 6.45) is 4.75. The second-order valence-corrected chi connectivity index (χ2v) is 5.66. The van der Waals surface area contributed by atoms with E-state index < -0.39 is 11.9 Å². The molecule has 0 spiro atoms. The number of hydrogen-bond donors (Lipinski definition) is 1. The van der Waals surface area contributed by atoms with Crippen LogP contribution in [0.5, 0.6) is 0 Å². The van der Waals surface area contributed by atoms with Gasteiger partial charge in [0.1, 0.15) is 5.15 Å². The molecule has 6 heteroatoms. The van der Waals surface area contributed by atoms with E-state index in [0.717, 1.165) is 19.3 Å². The lowest BCUT2D eigenvalue weighted by atomic mass is 10.1. The van der Waals surface area contributed by atoms with Crippen LogP contribution in [0.25, 0.3) is 0 Å². The first-order valence-electron chi connectivity index (χ1n) is 7.33.